The van der Waals surface area contributed by atoms with Crippen molar-refractivity contribution >= 4 is 5.91 Å². The molecule has 1 saturated carbocycles. The number of hydrogen-bond donors (Lipinski definition) is 1. The predicted octanol–water partition coefficient (Wildman–Crippen LogP) is 1.31. The molecule has 2 rings (SSSR count). The van der Waals surface area contributed by atoms with Crippen LogP contribution in [0.25, 0.3) is 0 Å². The molecule has 4 heteroatoms. The zero-order valence-corrected chi connectivity index (χ0v) is 12.3. The Morgan fingerprint density at radius 3 is 2.74 bits per heavy atom. The molecule has 1 amide bonds. The highest BCUT2D eigenvalue weighted by molar-refractivity contribution is 5.77. The molecule has 0 aromatic rings. The number of fused-ring (bicyclic) bond motifs is 1. The highest BCUT2D eigenvalue weighted by Crippen LogP contribution is 2.35. The van der Waals surface area contributed by atoms with Gasteiger partial charge < -0.3 is 10.6 Å². The molecule has 0 aromatic heterocycles. The van der Waals surface area contributed by atoms with Gasteiger partial charge in [0.2, 0.25) is 5.91 Å². The van der Waals surface area contributed by atoms with Crippen LogP contribution in [0.15, 0.2) is 0 Å². The number of nitrogens with two attached hydrogens (primary N) is 1. The van der Waals surface area contributed by atoms with Gasteiger partial charge in [0.15, 0.2) is 0 Å². The summed E-state index contributed by atoms with van der Waals surface area (Å²) < 4.78 is 0. The quantitative estimate of drug-likeness (QED) is 0.817. The third kappa shape index (κ3) is 4.18. The van der Waals surface area contributed by atoms with Crippen LogP contribution in [0.1, 0.15) is 38.5 Å². The van der Waals surface area contributed by atoms with E-state index in [-0.39, 0.29) is 5.91 Å². The molecule has 19 heavy (non-hydrogen) atoms. The van der Waals surface area contributed by atoms with Gasteiger partial charge in [-0.1, -0.05) is 19.3 Å². The zero-order valence-electron chi connectivity index (χ0n) is 12.3. The van der Waals surface area contributed by atoms with Crippen LogP contribution in [0.3, 0.4) is 0 Å². The number of rotatable bonds is 5. The zero-order chi connectivity index (χ0) is 13.7. The minimum atomic E-state index is 0.253. The normalized spacial score (nSPS) is 27.9. The SMILES string of the molecule is CN(CCCN)C(=O)CN1CCC2CCCCC2C1. The van der Waals surface area contributed by atoms with E-state index in [4.69, 9.17) is 5.73 Å². The first-order valence-electron chi connectivity index (χ1n) is 7.87. The smallest absolute Gasteiger partial charge is 0.236 e. The molecule has 1 heterocycles. The number of amides is 1. The van der Waals surface area contributed by atoms with Gasteiger partial charge in [0.1, 0.15) is 0 Å². The van der Waals surface area contributed by atoms with Gasteiger partial charge in [0.05, 0.1) is 6.54 Å². The maximum absolute atomic E-state index is 12.1. The summed E-state index contributed by atoms with van der Waals surface area (Å²) in [6.45, 7) is 4.30. The standard InChI is InChI=1S/C15H29N3O/c1-17(9-4-8-16)15(19)12-18-10-7-13-5-2-3-6-14(13)11-18/h13-14H,2-12,16H2,1H3. The number of piperidine rings is 1. The van der Waals surface area contributed by atoms with Crippen molar-refractivity contribution in [3.8, 4) is 0 Å². The first-order valence-corrected chi connectivity index (χ1v) is 7.87. The largest absolute Gasteiger partial charge is 0.345 e. The first-order chi connectivity index (χ1) is 9.20. The Labute approximate surface area is 117 Å². The molecule has 2 N–H and O–H groups in total. The average Bonchev–Trinajstić information content (AvgIpc) is 2.44. The maximum atomic E-state index is 12.1. The molecule has 2 fully saturated rings. The van der Waals surface area contributed by atoms with E-state index in [0.717, 1.165) is 37.9 Å². The molecule has 0 aromatic carbocycles. The topological polar surface area (TPSA) is 49.6 Å². The Kier molecular flexibility index (Phi) is 5.64. The summed E-state index contributed by atoms with van der Waals surface area (Å²) in [6.07, 6.45) is 7.79. The van der Waals surface area contributed by atoms with Gasteiger partial charge in [-0.05, 0) is 44.2 Å². The lowest BCUT2D eigenvalue weighted by molar-refractivity contribution is -0.131. The molecule has 2 atom stereocenters. The van der Waals surface area contributed by atoms with E-state index in [1.54, 1.807) is 0 Å². The molecule has 0 radical (unpaired) electrons. The van der Waals surface area contributed by atoms with E-state index in [9.17, 15) is 4.79 Å². The Balaban J connectivity index is 1.75. The van der Waals surface area contributed by atoms with Crippen LogP contribution in [0.2, 0.25) is 0 Å². The van der Waals surface area contributed by atoms with Crippen LogP contribution in [0.5, 0.6) is 0 Å². The first kappa shape index (κ1) is 14.8. The molecule has 1 saturated heterocycles. The number of likely N-dealkylation sites (N-methyl/N-ethyl adjacent to an activating group) is 1. The Morgan fingerprint density at radius 2 is 2.00 bits per heavy atom. The number of carbonyl (C=O) groups is 1. The van der Waals surface area contributed by atoms with Gasteiger partial charge in [-0.3, -0.25) is 9.69 Å². The Morgan fingerprint density at radius 1 is 1.26 bits per heavy atom. The van der Waals surface area contributed by atoms with Crippen molar-refractivity contribution in [3.63, 3.8) is 0 Å². The van der Waals surface area contributed by atoms with Gasteiger partial charge in [0, 0.05) is 20.1 Å². The third-order valence-electron chi connectivity index (χ3n) is 4.86. The number of nitrogens with zero attached hydrogens (tertiary/aromatic N) is 2. The summed E-state index contributed by atoms with van der Waals surface area (Å²) >= 11 is 0. The minimum absolute atomic E-state index is 0.253. The summed E-state index contributed by atoms with van der Waals surface area (Å²) in [5.74, 6) is 2.04. The van der Waals surface area contributed by atoms with Crippen molar-refractivity contribution in [2.75, 3.05) is 39.8 Å². The highest BCUT2D eigenvalue weighted by Gasteiger charge is 2.31. The molecule has 2 aliphatic rings. The van der Waals surface area contributed by atoms with Crippen molar-refractivity contribution < 1.29 is 4.79 Å². The molecular weight excluding hydrogens is 238 g/mol. The number of likely N-dealkylation sites (tertiary alicyclic amines) is 1. The van der Waals surface area contributed by atoms with Crippen LogP contribution >= 0.6 is 0 Å². The average molecular weight is 267 g/mol. The van der Waals surface area contributed by atoms with E-state index in [1.807, 2.05) is 11.9 Å². The summed E-state index contributed by atoms with van der Waals surface area (Å²) in [5, 5.41) is 0. The van der Waals surface area contributed by atoms with Crippen molar-refractivity contribution in [2.45, 2.75) is 38.5 Å². The molecule has 0 spiro atoms. The fraction of sp³-hybridized carbons (Fsp3) is 0.933. The van der Waals surface area contributed by atoms with Crippen molar-refractivity contribution in [2.24, 2.45) is 17.6 Å². The van der Waals surface area contributed by atoms with Crippen LogP contribution in [-0.2, 0) is 4.79 Å². The maximum Gasteiger partial charge on any atom is 0.236 e. The van der Waals surface area contributed by atoms with Gasteiger partial charge in [-0.15, -0.1) is 0 Å². The highest BCUT2D eigenvalue weighted by atomic mass is 16.2. The number of hydrogen-bond acceptors (Lipinski definition) is 3. The molecule has 1 aliphatic heterocycles. The van der Waals surface area contributed by atoms with Gasteiger partial charge >= 0.3 is 0 Å². The van der Waals surface area contributed by atoms with Crippen LogP contribution in [0, 0.1) is 11.8 Å². The second-order valence-corrected chi connectivity index (χ2v) is 6.29. The lowest BCUT2D eigenvalue weighted by atomic mass is 9.75. The fourth-order valence-electron chi connectivity index (χ4n) is 3.58. The van der Waals surface area contributed by atoms with Gasteiger partial charge in [-0.2, -0.15) is 0 Å². The lowest BCUT2D eigenvalue weighted by Crippen LogP contribution is -2.46. The second-order valence-electron chi connectivity index (χ2n) is 6.29. The van der Waals surface area contributed by atoms with E-state index in [2.05, 4.69) is 4.90 Å². The fourth-order valence-corrected chi connectivity index (χ4v) is 3.58. The van der Waals surface area contributed by atoms with Crippen LogP contribution in [0.4, 0.5) is 0 Å². The van der Waals surface area contributed by atoms with Crippen LogP contribution < -0.4 is 5.73 Å². The lowest BCUT2D eigenvalue weighted by Gasteiger charge is -2.41. The summed E-state index contributed by atoms with van der Waals surface area (Å²) in [6, 6.07) is 0. The summed E-state index contributed by atoms with van der Waals surface area (Å²) in [5.41, 5.74) is 5.49. The second kappa shape index (κ2) is 7.25. The molecule has 110 valence electrons. The molecule has 1 aliphatic carbocycles. The number of carbonyl (C=O) groups excluding carboxylic acids is 1. The van der Waals surface area contributed by atoms with Crippen LogP contribution in [-0.4, -0.2) is 55.5 Å². The monoisotopic (exact) mass is 267 g/mol. The van der Waals surface area contributed by atoms with Crippen molar-refractivity contribution in [1.29, 1.82) is 0 Å². The van der Waals surface area contributed by atoms with E-state index >= 15 is 0 Å². The van der Waals surface area contributed by atoms with E-state index < -0.39 is 0 Å². The minimum Gasteiger partial charge on any atom is -0.345 e. The van der Waals surface area contributed by atoms with Crippen molar-refractivity contribution in [3.05, 3.63) is 0 Å². The van der Waals surface area contributed by atoms with E-state index in [1.165, 1.54) is 32.1 Å². The van der Waals surface area contributed by atoms with E-state index in [0.29, 0.717) is 13.1 Å². The third-order valence-corrected chi connectivity index (χ3v) is 4.86. The molecule has 0 bridgehead atoms. The van der Waals surface area contributed by atoms with Crippen molar-refractivity contribution in [1.82, 2.24) is 9.80 Å². The summed E-state index contributed by atoms with van der Waals surface area (Å²) in [4.78, 5) is 16.3. The molecule has 4 nitrogen and oxygen atoms in total. The molecule has 2 unspecified atom stereocenters. The summed E-state index contributed by atoms with van der Waals surface area (Å²) in [7, 11) is 1.89. The Hall–Kier alpha value is -0.610. The Bertz CT molecular complexity index is 295. The van der Waals surface area contributed by atoms with Gasteiger partial charge in [0.25, 0.3) is 0 Å². The molecular formula is C15H29N3O. The predicted molar refractivity (Wildman–Crippen MR) is 77.8 cm³/mol. The van der Waals surface area contributed by atoms with Gasteiger partial charge in [-0.25, -0.2) is 0 Å².